The van der Waals surface area contributed by atoms with Crippen LogP contribution in [-0.4, -0.2) is 70.6 Å². The van der Waals surface area contributed by atoms with Crippen LogP contribution in [0.2, 0.25) is 0 Å². The number of anilines is 1. The summed E-state index contributed by atoms with van der Waals surface area (Å²) < 4.78 is 45.4. The first-order valence-corrected chi connectivity index (χ1v) is 13.7. The molecular formula is C22H30FN5O5S. The zero-order valence-corrected chi connectivity index (χ0v) is 19.7. The molecule has 0 spiro atoms. The van der Waals surface area contributed by atoms with Crippen LogP contribution >= 0.6 is 0 Å². The van der Waals surface area contributed by atoms with Crippen molar-refractivity contribution in [2.24, 2.45) is 5.92 Å². The zero-order valence-electron chi connectivity index (χ0n) is 18.9. The summed E-state index contributed by atoms with van der Waals surface area (Å²) in [6, 6.07) is 1.79. The molecule has 34 heavy (non-hydrogen) atoms. The number of amides is 2. The number of aromatic amines is 1. The topological polar surface area (TPSA) is 133 Å². The van der Waals surface area contributed by atoms with Crippen molar-refractivity contribution in [2.45, 2.75) is 86.3 Å². The van der Waals surface area contributed by atoms with E-state index in [0.29, 0.717) is 57.3 Å². The molecule has 0 aromatic carbocycles. The van der Waals surface area contributed by atoms with Gasteiger partial charge in [-0.05, 0) is 38.5 Å². The van der Waals surface area contributed by atoms with E-state index in [1.165, 1.54) is 4.31 Å². The lowest BCUT2D eigenvalue weighted by atomic mass is 9.47. The van der Waals surface area contributed by atoms with E-state index in [1.807, 2.05) is 0 Å². The third kappa shape index (κ3) is 3.98. The number of H-pyrrole nitrogens is 1. The second-order valence-corrected chi connectivity index (χ2v) is 13.1. The van der Waals surface area contributed by atoms with Crippen LogP contribution in [0, 0.1) is 5.92 Å². The molecule has 3 N–H and O–H groups in total. The van der Waals surface area contributed by atoms with Crippen LogP contribution in [0.1, 0.15) is 69.4 Å². The van der Waals surface area contributed by atoms with Crippen molar-refractivity contribution in [3.05, 3.63) is 11.8 Å². The minimum atomic E-state index is -3.26. The number of alkyl halides is 1. The Morgan fingerprint density at radius 3 is 2.65 bits per heavy atom. The Bertz CT molecular complexity index is 1100. The van der Waals surface area contributed by atoms with Gasteiger partial charge in [-0.2, -0.15) is 5.10 Å². The maximum Gasteiger partial charge on any atom is 0.407 e. The van der Waals surface area contributed by atoms with Gasteiger partial charge in [0.1, 0.15) is 11.8 Å². The van der Waals surface area contributed by atoms with Crippen LogP contribution < -0.4 is 10.6 Å². The molecule has 2 heterocycles. The van der Waals surface area contributed by atoms with Gasteiger partial charge in [-0.25, -0.2) is 21.9 Å². The first-order valence-electron chi connectivity index (χ1n) is 12.2. The molecule has 10 nitrogen and oxygen atoms in total. The molecule has 2 bridgehead atoms. The molecular weight excluding hydrogens is 465 g/mol. The normalized spacial score (nSPS) is 37.0. The number of ether oxygens (including phenoxy) is 1. The fourth-order valence-corrected chi connectivity index (χ4v) is 8.01. The van der Waals surface area contributed by atoms with Gasteiger partial charge in [-0.3, -0.25) is 9.89 Å². The van der Waals surface area contributed by atoms with Crippen LogP contribution in [-0.2, 0) is 19.6 Å². The smallest absolute Gasteiger partial charge is 0.407 e. The van der Waals surface area contributed by atoms with E-state index in [2.05, 4.69) is 20.8 Å². The molecule has 12 heteroatoms. The second-order valence-electron chi connectivity index (χ2n) is 10.9. The quantitative estimate of drug-likeness (QED) is 0.531. The Kier molecular flexibility index (Phi) is 5.01. The number of rotatable bonds is 7. The van der Waals surface area contributed by atoms with Gasteiger partial charge in [0, 0.05) is 50.0 Å². The standard InChI is InChI=1S/C22H30FN5O5S/c23-21-10-22(11-21,12-21)25-20(30)33-15-2-1-13(7-15)17-8-18(27-26-17)24-19(29)14-5-6-28(9-14)34(31,32)16-3-4-16/h8,13-16H,1-7,9-12H2,(H,25,30)(H2,24,26,27,29)/t13-,14+,15+,21?,22?/m0/s1. The molecule has 186 valence electrons. The van der Waals surface area contributed by atoms with Gasteiger partial charge < -0.3 is 15.4 Å². The number of nitrogens with zero attached hydrogens (tertiary/aromatic N) is 2. The van der Waals surface area contributed by atoms with E-state index in [0.717, 1.165) is 18.5 Å². The predicted molar refractivity (Wildman–Crippen MR) is 119 cm³/mol. The highest BCUT2D eigenvalue weighted by Crippen LogP contribution is 2.62. The Balaban J connectivity index is 0.973. The molecule has 1 aromatic heterocycles. The Morgan fingerprint density at radius 1 is 1.18 bits per heavy atom. The van der Waals surface area contributed by atoms with Gasteiger partial charge in [0.05, 0.1) is 16.7 Å². The van der Waals surface area contributed by atoms with Crippen LogP contribution in [0.3, 0.4) is 0 Å². The van der Waals surface area contributed by atoms with Gasteiger partial charge in [0.25, 0.3) is 0 Å². The van der Waals surface area contributed by atoms with Crippen molar-refractivity contribution in [1.29, 1.82) is 0 Å². The SMILES string of the molecule is O=C(NC12CC(F)(C1)C2)O[C@@H]1CC[C@H](c2cc(NC(=O)[C@@H]3CCN(S(=O)(=O)C4CC4)C3)n[nH]2)C1. The number of alkyl carbamates (subject to hydrolysis) is 1. The van der Waals surface area contributed by atoms with Gasteiger partial charge in [-0.15, -0.1) is 0 Å². The first kappa shape index (κ1) is 22.3. The van der Waals surface area contributed by atoms with Crippen molar-refractivity contribution in [3.8, 4) is 0 Å². The Hall–Kier alpha value is -2.21. The summed E-state index contributed by atoms with van der Waals surface area (Å²) in [5.74, 6) is -0.0654. The fourth-order valence-electron chi connectivity index (χ4n) is 6.11. The number of halogens is 1. The van der Waals surface area contributed by atoms with Crippen LogP contribution in [0.15, 0.2) is 6.07 Å². The minimum absolute atomic E-state index is 0.130. The summed E-state index contributed by atoms with van der Waals surface area (Å²) in [5, 5.41) is 12.5. The molecule has 1 saturated heterocycles. The lowest BCUT2D eigenvalue weighted by Crippen LogP contribution is -2.76. The highest BCUT2D eigenvalue weighted by atomic mass is 32.2. The Labute approximate surface area is 197 Å². The number of carbonyl (C=O) groups is 2. The fraction of sp³-hybridized carbons (Fsp3) is 0.773. The van der Waals surface area contributed by atoms with Crippen LogP contribution in [0.4, 0.5) is 15.0 Å². The number of aromatic nitrogens is 2. The highest BCUT2D eigenvalue weighted by molar-refractivity contribution is 7.90. The third-order valence-corrected chi connectivity index (χ3v) is 10.5. The number of nitrogens with one attached hydrogen (secondary N) is 3. The third-order valence-electron chi connectivity index (χ3n) is 8.11. The molecule has 7 rings (SSSR count). The second kappa shape index (κ2) is 7.64. The van der Waals surface area contributed by atoms with Gasteiger partial charge >= 0.3 is 6.09 Å². The van der Waals surface area contributed by atoms with Gasteiger partial charge in [0.15, 0.2) is 5.82 Å². The van der Waals surface area contributed by atoms with E-state index in [4.69, 9.17) is 4.74 Å². The maximum atomic E-state index is 13.6. The lowest BCUT2D eigenvalue weighted by molar-refractivity contribution is -0.165. The van der Waals surface area contributed by atoms with Crippen molar-refractivity contribution in [2.75, 3.05) is 18.4 Å². The van der Waals surface area contributed by atoms with Gasteiger partial charge in [0.2, 0.25) is 15.9 Å². The number of sulfonamides is 1. The number of hydrogen-bond donors (Lipinski definition) is 3. The number of carbonyl (C=O) groups excluding carboxylic acids is 2. The minimum Gasteiger partial charge on any atom is -0.446 e. The average Bonchev–Trinajstić information content (AvgIpc) is 3.13. The first-order chi connectivity index (χ1) is 16.1. The summed E-state index contributed by atoms with van der Waals surface area (Å²) >= 11 is 0. The molecule has 2 amide bonds. The van der Waals surface area contributed by atoms with E-state index in [1.54, 1.807) is 6.07 Å². The Morgan fingerprint density at radius 2 is 1.94 bits per heavy atom. The van der Waals surface area contributed by atoms with E-state index in [9.17, 15) is 22.4 Å². The molecule has 6 aliphatic rings. The highest BCUT2D eigenvalue weighted by Gasteiger charge is 2.70. The molecule has 1 aromatic rings. The van der Waals surface area contributed by atoms with Crippen LogP contribution in [0.5, 0.6) is 0 Å². The maximum absolute atomic E-state index is 13.6. The molecule has 0 radical (unpaired) electrons. The monoisotopic (exact) mass is 495 g/mol. The average molecular weight is 496 g/mol. The van der Waals surface area contributed by atoms with E-state index in [-0.39, 0.29) is 35.6 Å². The summed E-state index contributed by atoms with van der Waals surface area (Å²) in [4.78, 5) is 24.9. The van der Waals surface area contributed by atoms with Crippen molar-refractivity contribution in [1.82, 2.24) is 19.8 Å². The summed E-state index contributed by atoms with van der Waals surface area (Å²) in [6.45, 7) is 0.606. The largest absolute Gasteiger partial charge is 0.446 e. The van der Waals surface area contributed by atoms with Crippen molar-refractivity contribution in [3.63, 3.8) is 0 Å². The van der Waals surface area contributed by atoms with Crippen molar-refractivity contribution < 1.29 is 27.1 Å². The molecule has 1 aliphatic heterocycles. The molecule has 3 atom stereocenters. The van der Waals surface area contributed by atoms with E-state index >= 15 is 0 Å². The summed E-state index contributed by atoms with van der Waals surface area (Å²) in [5.41, 5.74) is -0.589. The molecule has 5 saturated carbocycles. The van der Waals surface area contributed by atoms with E-state index < -0.39 is 27.3 Å². The van der Waals surface area contributed by atoms with Gasteiger partial charge in [-0.1, -0.05) is 0 Å². The number of hydrogen-bond acceptors (Lipinski definition) is 6. The molecule has 5 aliphatic carbocycles. The lowest BCUT2D eigenvalue weighted by Gasteiger charge is -2.65. The molecule has 0 unspecified atom stereocenters. The predicted octanol–water partition coefficient (Wildman–Crippen LogP) is 2.17. The molecule has 6 fully saturated rings. The zero-order chi connectivity index (χ0) is 23.7. The van der Waals surface area contributed by atoms with Crippen LogP contribution in [0.25, 0.3) is 0 Å². The summed E-state index contributed by atoms with van der Waals surface area (Å²) in [7, 11) is -3.26. The summed E-state index contributed by atoms with van der Waals surface area (Å²) in [6.07, 6.45) is 4.62. The van der Waals surface area contributed by atoms with Crippen molar-refractivity contribution >= 4 is 27.8 Å².